The second-order valence-corrected chi connectivity index (χ2v) is 7.32. The molecule has 0 radical (unpaired) electrons. The number of carbonyl (C=O) groups is 1. The Labute approximate surface area is 176 Å². The zero-order valence-corrected chi connectivity index (χ0v) is 17.1. The number of fused-ring (bicyclic) bond motifs is 1. The van der Waals surface area contributed by atoms with Crippen LogP contribution in [0.25, 0.3) is 11.3 Å². The fourth-order valence-electron chi connectivity index (χ4n) is 3.76. The zero-order valence-electron chi connectivity index (χ0n) is 17.1. The Hall–Kier alpha value is -3.25. The van der Waals surface area contributed by atoms with Crippen LogP contribution >= 0.6 is 0 Å². The fourth-order valence-corrected chi connectivity index (χ4v) is 3.76. The highest BCUT2D eigenvalue weighted by atomic mass is 16.6. The van der Waals surface area contributed by atoms with E-state index in [2.05, 4.69) is 45.2 Å². The summed E-state index contributed by atoms with van der Waals surface area (Å²) in [5.41, 5.74) is 5.65. The highest BCUT2D eigenvalue weighted by Gasteiger charge is 2.17. The van der Waals surface area contributed by atoms with Gasteiger partial charge in [-0.25, -0.2) is 4.79 Å². The zero-order chi connectivity index (χ0) is 20.8. The van der Waals surface area contributed by atoms with E-state index in [4.69, 9.17) is 9.47 Å². The highest BCUT2D eigenvalue weighted by Crippen LogP contribution is 2.27. The van der Waals surface area contributed by atoms with Gasteiger partial charge in [0, 0.05) is 43.2 Å². The number of carbonyl (C=O) groups excluding carboxylic acids is 1. The quantitative estimate of drug-likeness (QED) is 0.589. The maximum absolute atomic E-state index is 11.6. The van der Waals surface area contributed by atoms with Crippen LogP contribution in [0, 0.1) is 0 Å². The van der Waals surface area contributed by atoms with E-state index in [9.17, 15) is 4.79 Å². The Balaban J connectivity index is 1.56. The van der Waals surface area contributed by atoms with E-state index in [0.29, 0.717) is 5.75 Å². The standard InChI is InChI=1S/C24H25N3O3/c1-29-24(28)17-30-23-7-6-20(22-15-25-10-11-26-22)14-21(23)16-27-12-8-18-4-2-3-5-19(18)9-13-27/h2-7,10-11,14-15H,8-9,12-13,16-17H2,1H3. The van der Waals surface area contributed by atoms with Gasteiger partial charge in [-0.3, -0.25) is 14.9 Å². The van der Waals surface area contributed by atoms with E-state index in [0.717, 1.165) is 49.3 Å². The lowest BCUT2D eigenvalue weighted by molar-refractivity contribution is -0.142. The monoisotopic (exact) mass is 403 g/mol. The molecule has 0 fully saturated rings. The molecule has 4 rings (SSSR count). The minimum atomic E-state index is -0.399. The predicted octanol–water partition coefficient (Wildman–Crippen LogP) is 3.30. The van der Waals surface area contributed by atoms with Gasteiger partial charge in [-0.1, -0.05) is 24.3 Å². The number of rotatable bonds is 6. The maximum Gasteiger partial charge on any atom is 0.343 e. The van der Waals surface area contributed by atoms with Crippen molar-refractivity contribution >= 4 is 5.97 Å². The molecular formula is C24H25N3O3. The molecule has 0 aliphatic carbocycles. The summed E-state index contributed by atoms with van der Waals surface area (Å²) in [6.45, 7) is 2.57. The molecule has 0 unspecified atom stereocenters. The van der Waals surface area contributed by atoms with Crippen LogP contribution in [0.1, 0.15) is 16.7 Å². The Morgan fingerprint density at radius 2 is 1.83 bits per heavy atom. The van der Waals surface area contributed by atoms with E-state index in [1.54, 1.807) is 18.6 Å². The van der Waals surface area contributed by atoms with Gasteiger partial charge in [0.25, 0.3) is 0 Å². The van der Waals surface area contributed by atoms with Gasteiger partial charge in [-0.05, 0) is 42.2 Å². The van der Waals surface area contributed by atoms with Crippen LogP contribution in [0.2, 0.25) is 0 Å². The van der Waals surface area contributed by atoms with Crippen LogP contribution in [0.3, 0.4) is 0 Å². The number of methoxy groups -OCH3 is 1. The summed E-state index contributed by atoms with van der Waals surface area (Å²) >= 11 is 0. The molecule has 0 saturated carbocycles. The average Bonchev–Trinajstić information content (AvgIpc) is 3.01. The van der Waals surface area contributed by atoms with Crippen molar-refractivity contribution in [3.63, 3.8) is 0 Å². The van der Waals surface area contributed by atoms with Crippen molar-refractivity contribution in [1.29, 1.82) is 0 Å². The molecule has 30 heavy (non-hydrogen) atoms. The third-order valence-electron chi connectivity index (χ3n) is 5.40. The Bertz CT molecular complexity index is 981. The van der Waals surface area contributed by atoms with Crippen LogP contribution in [-0.4, -0.2) is 47.6 Å². The van der Waals surface area contributed by atoms with Crippen molar-refractivity contribution in [2.75, 3.05) is 26.8 Å². The molecule has 1 aliphatic heterocycles. The first-order valence-electron chi connectivity index (χ1n) is 10.1. The predicted molar refractivity (Wildman–Crippen MR) is 114 cm³/mol. The van der Waals surface area contributed by atoms with Gasteiger partial charge in [0.2, 0.25) is 0 Å². The molecule has 0 spiro atoms. The minimum Gasteiger partial charge on any atom is -0.482 e. The van der Waals surface area contributed by atoms with Crippen LogP contribution in [0.15, 0.2) is 61.1 Å². The molecule has 1 aromatic heterocycles. The number of ether oxygens (including phenoxy) is 2. The SMILES string of the molecule is COC(=O)COc1ccc(-c2cnccn2)cc1CN1CCc2ccccc2CC1. The first kappa shape index (κ1) is 20.0. The summed E-state index contributed by atoms with van der Waals surface area (Å²) in [6, 6.07) is 14.6. The number of aromatic nitrogens is 2. The molecule has 154 valence electrons. The molecular weight excluding hydrogens is 378 g/mol. The van der Waals surface area contributed by atoms with Crippen LogP contribution in [-0.2, 0) is 28.9 Å². The second kappa shape index (κ2) is 9.50. The summed E-state index contributed by atoms with van der Waals surface area (Å²) < 4.78 is 10.5. The average molecular weight is 403 g/mol. The summed E-state index contributed by atoms with van der Waals surface area (Å²) in [4.78, 5) is 22.6. The molecule has 2 heterocycles. The molecule has 0 amide bonds. The second-order valence-electron chi connectivity index (χ2n) is 7.32. The molecule has 2 aromatic carbocycles. The summed E-state index contributed by atoms with van der Waals surface area (Å²) in [6.07, 6.45) is 7.14. The number of nitrogens with zero attached hydrogens (tertiary/aromatic N) is 3. The van der Waals surface area contributed by atoms with E-state index >= 15 is 0 Å². The smallest absolute Gasteiger partial charge is 0.343 e. The lowest BCUT2D eigenvalue weighted by atomic mass is 10.0. The van der Waals surface area contributed by atoms with Gasteiger partial charge in [-0.15, -0.1) is 0 Å². The van der Waals surface area contributed by atoms with Crippen molar-refractivity contribution < 1.29 is 14.3 Å². The van der Waals surface area contributed by atoms with Crippen LogP contribution in [0.5, 0.6) is 5.75 Å². The van der Waals surface area contributed by atoms with Crippen molar-refractivity contribution in [3.05, 3.63) is 77.7 Å². The first-order valence-corrected chi connectivity index (χ1v) is 10.1. The van der Waals surface area contributed by atoms with Crippen LogP contribution < -0.4 is 4.74 Å². The number of hydrogen-bond acceptors (Lipinski definition) is 6. The maximum atomic E-state index is 11.6. The third kappa shape index (κ3) is 4.83. The van der Waals surface area contributed by atoms with Gasteiger partial charge in [0.15, 0.2) is 6.61 Å². The van der Waals surface area contributed by atoms with E-state index in [1.807, 2.05) is 12.1 Å². The molecule has 0 atom stereocenters. The summed E-state index contributed by atoms with van der Waals surface area (Å²) in [5, 5.41) is 0. The number of hydrogen-bond donors (Lipinski definition) is 0. The molecule has 6 heteroatoms. The Morgan fingerprint density at radius 1 is 1.07 bits per heavy atom. The third-order valence-corrected chi connectivity index (χ3v) is 5.40. The molecule has 0 N–H and O–H groups in total. The summed E-state index contributed by atoms with van der Waals surface area (Å²) in [7, 11) is 1.36. The van der Waals surface area contributed by atoms with E-state index in [1.165, 1.54) is 18.2 Å². The van der Waals surface area contributed by atoms with Gasteiger partial charge in [0.05, 0.1) is 19.0 Å². The molecule has 6 nitrogen and oxygen atoms in total. The lowest BCUT2D eigenvalue weighted by Gasteiger charge is -2.22. The molecule has 0 saturated heterocycles. The lowest BCUT2D eigenvalue weighted by Crippen LogP contribution is -2.26. The van der Waals surface area contributed by atoms with Crippen molar-refractivity contribution in [2.24, 2.45) is 0 Å². The Kier molecular flexibility index (Phi) is 6.35. The van der Waals surface area contributed by atoms with Crippen molar-refractivity contribution in [3.8, 4) is 17.0 Å². The molecule has 3 aromatic rings. The summed E-state index contributed by atoms with van der Waals surface area (Å²) in [5.74, 6) is 0.291. The largest absolute Gasteiger partial charge is 0.482 e. The minimum absolute atomic E-state index is 0.112. The van der Waals surface area contributed by atoms with Crippen molar-refractivity contribution in [2.45, 2.75) is 19.4 Å². The number of benzene rings is 2. The Morgan fingerprint density at radius 3 is 2.50 bits per heavy atom. The van der Waals surface area contributed by atoms with Crippen molar-refractivity contribution in [1.82, 2.24) is 14.9 Å². The van der Waals surface area contributed by atoms with Gasteiger partial charge < -0.3 is 9.47 Å². The highest BCUT2D eigenvalue weighted by molar-refractivity contribution is 5.71. The van der Waals surface area contributed by atoms with E-state index < -0.39 is 5.97 Å². The molecule has 1 aliphatic rings. The van der Waals surface area contributed by atoms with Gasteiger partial charge in [-0.2, -0.15) is 0 Å². The van der Waals surface area contributed by atoms with Crippen LogP contribution in [0.4, 0.5) is 0 Å². The fraction of sp³-hybridized carbons (Fsp3) is 0.292. The van der Waals surface area contributed by atoms with E-state index in [-0.39, 0.29) is 6.61 Å². The molecule has 0 bridgehead atoms. The number of esters is 1. The topological polar surface area (TPSA) is 64.5 Å². The first-order chi connectivity index (χ1) is 14.7. The normalized spacial score (nSPS) is 13.9. The van der Waals surface area contributed by atoms with Gasteiger partial charge in [0.1, 0.15) is 5.75 Å². The van der Waals surface area contributed by atoms with Gasteiger partial charge >= 0.3 is 5.97 Å².